The molecule has 1 amide bonds. The van der Waals surface area contributed by atoms with Crippen molar-refractivity contribution in [3.8, 4) is 0 Å². The van der Waals surface area contributed by atoms with Crippen LogP contribution in [-0.2, 0) is 11.3 Å². The van der Waals surface area contributed by atoms with E-state index >= 15 is 0 Å². The number of aliphatic hydroxyl groups is 1. The fourth-order valence-electron chi connectivity index (χ4n) is 3.34. The van der Waals surface area contributed by atoms with Gasteiger partial charge in [-0.3, -0.25) is 9.69 Å². The van der Waals surface area contributed by atoms with Gasteiger partial charge in [0.2, 0.25) is 5.91 Å². The van der Waals surface area contributed by atoms with Crippen LogP contribution in [0.4, 0.5) is 0 Å². The zero-order chi connectivity index (χ0) is 16.7. The molecule has 4 nitrogen and oxygen atoms in total. The van der Waals surface area contributed by atoms with Gasteiger partial charge in [-0.2, -0.15) is 0 Å². The molecule has 0 bridgehead atoms. The number of likely N-dealkylation sites (tertiary alicyclic amines) is 1. The molecule has 1 aliphatic heterocycles. The maximum Gasteiger partial charge on any atom is 0.224 e. The van der Waals surface area contributed by atoms with Gasteiger partial charge in [-0.1, -0.05) is 37.3 Å². The average molecular weight is 318 g/mol. The summed E-state index contributed by atoms with van der Waals surface area (Å²) in [5.41, 5.74) is 1.30. The van der Waals surface area contributed by atoms with Crippen LogP contribution in [0.2, 0.25) is 0 Å². The first-order valence-electron chi connectivity index (χ1n) is 8.76. The van der Waals surface area contributed by atoms with Crippen molar-refractivity contribution in [2.75, 3.05) is 19.6 Å². The van der Waals surface area contributed by atoms with Crippen LogP contribution in [0.5, 0.6) is 0 Å². The summed E-state index contributed by atoms with van der Waals surface area (Å²) in [7, 11) is 0. The highest BCUT2D eigenvalue weighted by atomic mass is 16.3. The molecule has 0 saturated carbocycles. The van der Waals surface area contributed by atoms with Gasteiger partial charge in [0.1, 0.15) is 0 Å². The van der Waals surface area contributed by atoms with E-state index in [4.69, 9.17) is 0 Å². The van der Waals surface area contributed by atoms with E-state index in [1.54, 1.807) is 6.92 Å². The average Bonchev–Trinajstić information content (AvgIpc) is 2.53. The van der Waals surface area contributed by atoms with Crippen LogP contribution in [0.1, 0.15) is 38.7 Å². The Kier molecular flexibility index (Phi) is 7.06. The van der Waals surface area contributed by atoms with Crippen LogP contribution in [-0.4, -0.2) is 41.7 Å². The molecule has 128 valence electrons. The summed E-state index contributed by atoms with van der Waals surface area (Å²) >= 11 is 0. The second-order valence-corrected chi connectivity index (χ2v) is 6.99. The van der Waals surface area contributed by atoms with Crippen molar-refractivity contribution < 1.29 is 9.90 Å². The molecule has 0 radical (unpaired) electrons. The van der Waals surface area contributed by atoms with E-state index < -0.39 is 0 Å². The number of piperidine rings is 1. The van der Waals surface area contributed by atoms with Crippen molar-refractivity contribution in [3.05, 3.63) is 35.9 Å². The molecule has 0 aromatic heterocycles. The Morgan fingerprint density at radius 3 is 2.78 bits per heavy atom. The lowest BCUT2D eigenvalue weighted by atomic mass is 9.96. The Morgan fingerprint density at radius 2 is 2.09 bits per heavy atom. The topological polar surface area (TPSA) is 52.6 Å². The van der Waals surface area contributed by atoms with Crippen molar-refractivity contribution in [3.63, 3.8) is 0 Å². The number of nitrogens with one attached hydrogen (secondary N) is 1. The molecule has 1 saturated heterocycles. The predicted octanol–water partition coefficient (Wildman–Crippen LogP) is 2.42. The second kappa shape index (κ2) is 9.04. The summed E-state index contributed by atoms with van der Waals surface area (Å²) in [5.74, 6) is 0.564. The molecule has 1 fully saturated rings. The van der Waals surface area contributed by atoms with E-state index in [-0.39, 0.29) is 17.9 Å². The van der Waals surface area contributed by atoms with Crippen molar-refractivity contribution in [2.45, 2.75) is 45.8 Å². The molecule has 0 spiro atoms. The van der Waals surface area contributed by atoms with Gasteiger partial charge in [-0.25, -0.2) is 0 Å². The Balaban J connectivity index is 1.77. The fraction of sp³-hybridized carbons (Fsp3) is 0.632. The van der Waals surface area contributed by atoms with Crippen molar-refractivity contribution >= 4 is 5.91 Å². The normalized spacial score (nSPS) is 21.6. The van der Waals surface area contributed by atoms with E-state index in [9.17, 15) is 9.90 Å². The molecule has 4 heteroatoms. The molecule has 2 N–H and O–H groups in total. The van der Waals surface area contributed by atoms with Crippen LogP contribution in [0.3, 0.4) is 0 Å². The quantitative estimate of drug-likeness (QED) is 0.812. The molecule has 1 aromatic rings. The molecule has 1 aliphatic rings. The number of nitrogens with zero attached hydrogens (tertiary/aromatic N) is 1. The number of hydrogen-bond donors (Lipinski definition) is 2. The lowest BCUT2D eigenvalue weighted by Gasteiger charge is -2.32. The third-order valence-electron chi connectivity index (χ3n) is 4.49. The number of carbonyl (C=O) groups is 1. The summed E-state index contributed by atoms with van der Waals surface area (Å²) in [5, 5.41) is 12.5. The van der Waals surface area contributed by atoms with Crippen molar-refractivity contribution in [1.82, 2.24) is 10.2 Å². The minimum absolute atomic E-state index is 0.0891. The van der Waals surface area contributed by atoms with E-state index in [1.807, 2.05) is 6.07 Å². The number of rotatable bonds is 7. The van der Waals surface area contributed by atoms with Gasteiger partial charge >= 0.3 is 0 Å². The molecular formula is C19H30N2O2. The second-order valence-electron chi connectivity index (χ2n) is 6.99. The van der Waals surface area contributed by atoms with E-state index in [2.05, 4.69) is 41.4 Å². The lowest BCUT2D eigenvalue weighted by Crippen LogP contribution is -2.43. The minimum Gasteiger partial charge on any atom is -0.393 e. The lowest BCUT2D eigenvalue weighted by molar-refractivity contribution is -0.127. The fourth-order valence-corrected chi connectivity index (χ4v) is 3.34. The molecule has 0 aliphatic carbocycles. The van der Waals surface area contributed by atoms with E-state index in [0.717, 1.165) is 38.9 Å². The summed E-state index contributed by atoms with van der Waals surface area (Å²) in [6.45, 7) is 7.33. The van der Waals surface area contributed by atoms with Gasteiger partial charge in [-0.05, 0) is 44.2 Å². The summed E-state index contributed by atoms with van der Waals surface area (Å²) in [6.07, 6.45) is 2.47. The number of benzene rings is 1. The SMILES string of the molecule is CC(O)CC(C)CNC(=O)C1CCCN(Cc2ccccc2)C1. The Hall–Kier alpha value is -1.39. The monoisotopic (exact) mass is 318 g/mol. The van der Waals surface area contributed by atoms with E-state index in [1.165, 1.54) is 5.56 Å². The molecule has 1 heterocycles. The summed E-state index contributed by atoms with van der Waals surface area (Å²) in [4.78, 5) is 14.8. The molecule has 23 heavy (non-hydrogen) atoms. The first kappa shape index (κ1) is 18.0. The van der Waals surface area contributed by atoms with Crippen LogP contribution >= 0.6 is 0 Å². The Morgan fingerprint density at radius 1 is 1.35 bits per heavy atom. The zero-order valence-electron chi connectivity index (χ0n) is 14.4. The number of hydrogen-bond acceptors (Lipinski definition) is 3. The molecule has 2 rings (SSSR count). The van der Waals surface area contributed by atoms with Crippen molar-refractivity contribution in [2.24, 2.45) is 11.8 Å². The molecule has 3 unspecified atom stereocenters. The van der Waals surface area contributed by atoms with Gasteiger partial charge in [0.15, 0.2) is 0 Å². The molecule has 3 atom stereocenters. The van der Waals surface area contributed by atoms with Crippen LogP contribution < -0.4 is 5.32 Å². The third-order valence-corrected chi connectivity index (χ3v) is 4.49. The Bertz CT molecular complexity index is 476. The highest BCUT2D eigenvalue weighted by molar-refractivity contribution is 5.78. The standard InChI is InChI=1S/C19H30N2O2/c1-15(11-16(2)22)12-20-19(23)18-9-6-10-21(14-18)13-17-7-4-3-5-8-17/h3-5,7-8,15-16,18,22H,6,9-14H2,1-2H3,(H,20,23). The molecule has 1 aromatic carbocycles. The third kappa shape index (κ3) is 6.32. The van der Waals surface area contributed by atoms with Gasteiger partial charge < -0.3 is 10.4 Å². The van der Waals surface area contributed by atoms with E-state index in [0.29, 0.717) is 12.5 Å². The Labute approximate surface area is 139 Å². The predicted molar refractivity (Wildman–Crippen MR) is 92.9 cm³/mol. The van der Waals surface area contributed by atoms with Gasteiger partial charge in [0, 0.05) is 19.6 Å². The van der Waals surface area contributed by atoms with Crippen LogP contribution in [0.25, 0.3) is 0 Å². The minimum atomic E-state index is -0.307. The smallest absolute Gasteiger partial charge is 0.224 e. The number of aliphatic hydroxyl groups excluding tert-OH is 1. The van der Waals surface area contributed by atoms with Crippen LogP contribution in [0, 0.1) is 11.8 Å². The number of amides is 1. The number of carbonyl (C=O) groups excluding carboxylic acids is 1. The van der Waals surface area contributed by atoms with Crippen molar-refractivity contribution in [1.29, 1.82) is 0 Å². The largest absolute Gasteiger partial charge is 0.393 e. The van der Waals surface area contributed by atoms with Gasteiger partial charge in [0.25, 0.3) is 0 Å². The van der Waals surface area contributed by atoms with Crippen LogP contribution in [0.15, 0.2) is 30.3 Å². The summed E-state index contributed by atoms with van der Waals surface area (Å²) in [6, 6.07) is 10.4. The maximum atomic E-state index is 12.4. The highest BCUT2D eigenvalue weighted by Crippen LogP contribution is 2.19. The maximum absolute atomic E-state index is 12.4. The highest BCUT2D eigenvalue weighted by Gasteiger charge is 2.25. The summed E-state index contributed by atoms with van der Waals surface area (Å²) < 4.78 is 0. The molecular weight excluding hydrogens is 288 g/mol. The first-order valence-corrected chi connectivity index (χ1v) is 8.76. The zero-order valence-corrected chi connectivity index (χ0v) is 14.4. The van der Waals surface area contributed by atoms with Gasteiger partial charge in [-0.15, -0.1) is 0 Å². The van der Waals surface area contributed by atoms with Gasteiger partial charge in [0.05, 0.1) is 12.0 Å². The first-order chi connectivity index (χ1) is 11.0.